The monoisotopic (exact) mass is 180 g/mol. The lowest BCUT2D eigenvalue weighted by atomic mass is 10.3. The highest BCUT2D eigenvalue weighted by molar-refractivity contribution is 5.70. The second kappa shape index (κ2) is 4.20. The molecule has 0 aromatic carbocycles. The first kappa shape index (κ1) is 9.18. The number of aromatic amines is 1. The maximum atomic E-state index is 10.6. The van der Waals surface area contributed by atoms with Crippen LogP contribution in [0.5, 0.6) is 0 Å². The Bertz CT molecular complexity index is 361. The predicted octanol–water partition coefficient (Wildman–Crippen LogP) is 0.258. The zero-order valence-electron chi connectivity index (χ0n) is 6.73. The fourth-order valence-corrected chi connectivity index (χ4v) is 0.729. The average Bonchev–Trinajstić information content (AvgIpc) is 2.08. The molecule has 0 aliphatic rings. The minimum Gasteiger partial charge on any atom is -0.481 e. The van der Waals surface area contributed by atoms with Crippen LogP contribution in [0.4, 0.5) is 0 Å². The van der Waals surface area contributed by atoms with Gasteiger partial charge in [-0.2, -0.15) is 5.10 Å². The van der Waals surface area contributed by atoms with Crippen LogP contribution in [0.15, 0.2) is 23.0 Å². The van der Waals surface area contributed by atoms with E-state index < -0.39 is 5.97 Å². The molecule has 5 heteroatoms. The summed E-state index contributed by atoms with van der Waals surface area (Å²) in [6.07, 6.45) is 2.94. The molecule has 0 saturated heterocycles. The number of hydrogen-bond acceptors (Lipinski definition) is 3. The molecule has 0 unspecified atom stereocenters. The van der Waals surface area contributed by atoms with Crippen LogP contribution in [0.1, 0.15) is 12.1 Å². The Labute approximate surface area is 73.7 Å². The third-order valence-electron chi connectivity index (χ3n) is 1.28. The van der Waals surface area contributed by atoms with Crippen molar-refractivity contribution < 1.29 is 9.90 Å². The standard InChI is InChI=1S/C8H8N2O3/c11-7-5-4-6(9-10-7)2-1-3-8(12)13/h1-2,4-5H,3H2,(H,10,11)(H,12,13). The molecule has 0 amide bonds. The maximum Gasteiger partial charge on any atom is 0.307 e. The Kier molecular flexibility index (Phi) is 2.97. The van der Waals surface area contributed by atoms with E-state index in [1.165, 1.54) is 24.3 Å². The molecule has 0 spiro atoms. The highest BCUT2D eigenvalue weighted by Gasteiger charge is 1.91. The summed E-state index contributed by atoms with van der Waals surface area (Å²) in [6, 6.07) is 2.84. The molecule has 13 heavy (non-hydrogen) atoms. The van der Waals surface area contributed by atoms with E-state index in [1.807, 2.05) is 0 Å². The number of nitrogens with one attached hydrogen (secondary N) is 1. The molecule has 5 nitrogen and oxygen atoms in total. The van der Waals surface area contributed by atoms with E-state index in [1.54, 1.807) is 0 Å². The minimum absolute atomic E-state index is 0.0548. The van der Waals surface area contributed by atoms with Crippen LogP contribution >= 0.6 is 0 Å². The Morgan fingerprint density at radius 1 is 1.62 bits per heavy atom. The van der Waals surface area contributed by atoms with Gasteiger partial charge in [-0.25, -0.2) is 5.10 Å². The van der Waals surface area contributed by atoms with E-state index in [2.05, 4.69) is 10.2 Å². The number of aliphatic carboxylic acids is 1. The van der Waals surface area contributed by atoms with E-state index >= 15 is 0 Å². The molecule has 0 aliphatic carbocycles. The van der Waals surface area contributed by atoms with Gasteiger partial charge in [-0.3, -0.25) is 9.59 Å². The Morgan fingerprint density at radius 3 is 2.92 bits per heavy atom. The average molecular weight is 180 g/mol. The summed E-state index contributed by atoms with van der Waals surface area (Å²) in [7, 11) is 0. The predicted molar refractivity (Wildman–Crippen MR) is 46.1 cm³/mol. The van der Waals surface area contributed by atoms with Crippen molar-refractivity contribution in [3.8, 4) is 0 Å². The van der Waals surface area contributed by atoms with Crippen molar-refractivity contribution in [2.75, 3.05) is 0 Å². The molecular formula is C8H8N2O3. The van der Waals surface area contributed by atoms with Gasteiger partial charge in [-0.15, -0.1) is 0 Å². The molecule has 1 rings (SSSR count). The van der Waals surface area contributed by atoms with Gasteiger partial charge in [-0.05, 0) is 12.1 Å². The molecule has 0 saturated carbocycles. The van der Waals surface area contributed by atoms with Gasteiger partial charge in [-0.1, -0.05) is 6.08 Å². The molecule has 1 heterocycles. The lowest BCUT2D eigenvalue weighted by Crippen LogP contribution is -2.05. The van der Waals surface area contributed by atoms with Crippen LogP contribution in [0.3, 0.4) is 0 Å². The SMILES string of the molecule is O=C(O)CC=Cc1ccc(=O)[nH]n1. The summed E-state index contributed by atoms with van der Waals surface area (Å²) in [5.74, 6) is -0.902. The van der Waals surface area contributed by atoms with Gasteiger partial charge in [0, 0.05) is 6.07 Å². The summed E-state index contributed by atoms with van der Waals surface area (Å²) in [5.41, 5.74) is 0.247. The van der Waals surface area contributed by atoms with Crippen molar-refractivity contribution in [2.45, 2.75) is 6.42 Å². The summed E-state index contributed by atoms with van der Waals surface area (Å²) in [5, 5.41) is 14.2. The first-order valence-corrected chi connectivity index (χ1v) is 3.62. The fraction of sp³-hybridized carbons (Fsp3) is 0.125. The highest BCUT2D eigenvalue weighted by Crippen LogP contribution is 1.94. The van der Waals surface area contributed by atoms with Crippen LogP contribution in [0.2, 0.25) is 0 Å². The van der Waals surface area contributed by atoms with E-state index in [9.17, 15) is 9.59 Å². The topological polar surface area (TPSA) is 83.0 Å². The van der Waals surface area contributed by atoms with Crippen LogP contribution in [-0.2, 0) is 4.79 Å². The molecule has 0 atom stereocenters. The Morgan fingerprint density at radius 2 is 2.38 bits per heavy atom. The molecule has 0 fully saturated rings. The fourth-order valence-electron chi connectivity index (χ4n) is 0.729. The molecule has 2 N–H and O–H groups in total. The van der Waals surface area contributed by atoms with Crippen molar-refractivity contribution in [3.05, 3.63) is 34.3 Å². The van der Waals surface area contributed by atoms with Crippen LogP contribution in [-0.4, -0.2) is 21.3 Å². The number of carboxylic acids is 1. The van der Waals surface area contributed by atoms with Gasteiger partial charge in [0.15, 0.2) is 0 Å². The third kappa shape index (κ3) is 3.33. The van der Waals surface area contributed by atoms with Gasteiger partial charge in [0.1, 0.15) is 0 Å². The second-order valence-corrected chi connectivity index (χ2v) is 2.35. The number of H-pyrrole nitrogens is 1. The number of rotatable bonds is 3. The van der Waals surface area contributed by atoms with Crippen LogP contribution in [0.25, 0.3) is 6.08 Å². The second-order valence-electron chi connectivity index (χ2n) is 2.35. The van der Waals surface area contributed by atoms with Gasteiger partial charge < -0.3 is 5.11 Å². The highest BCUT2D eigenvalue weighted by atomic mass is 16.4. The van der Waals surface area contributed by atoms with Gasteiger partial charge in [0.2, 0.25) is 0 Å². The number of hydrogen-bond donors (Lipinski definition) is 2. The van der Waals surface area contributed by atoms with Crippen molar-refractivity contribution >= 4 is 12.0 Å². The molecule has 68 valence electrons. The van der Waals surface area contributed by atoms with Gasteiger partial charge >= 0.3 is 5.97 Å². The number of nitrogens with zero attached hydrogens (tertiary/aromatic N) is 1. The lowest BCUT2D eigenvalue weighted by Gasteiger charge is -1.88. The van der Waals surface area contributed by atoms with E-state index in [0.717, 1.165) is 0 Å². The van der Waals surface area contributed by atoms with E-state index in [4.69, 9.17) is 5.11 Å². The van der Waals surface area contributed by atoms with Crippen LogP contribution < -0.4 is 5.56 Å². The van der Waals surface area contributed by atoms with E-state index in [0.29, 0.717) is 5.69 Å². The Hall–Kier alpha value is -1.91. The van der Waals surface area contributed by atoms with Crippen molar-refractivity contribution in [1.29, 1.82) is 0 Å². The minimum atomic E-state index is -0.902. The zero-order chi connectivity index (χ0) is 9.68. The molecule has 1 aromatic rings. The number of carboxylic acid groups (broad SMARTS) is 1. The summed E-state index contributed by atoms with van der Waals surface area (Å²) >= 11 is 0. The zero-order valence-corrected chi connectivity index (χ0v) is 6.73. The maximum absolute atomic E-state index is 10.6. The summed E-state index contributed by atoms with van der Waals surface area (Å²) in [6.45, 7) is 0. The van der Waals surface area contributed by atoms with E-state index in [-0.39, 0.29) is 12.0 Å². The molecule has 0 aliphatic heterocycles. The normalized spacial score (nSPS) is 10.5. The van der Waals surface area contributed by atoms with Crippen molar-refractivity contribution in [1.82, 2.24) is 10.2 Å². The van der Waals surface area contributed by atoms with Crippen molar-refractivity contribution in [3.63, 3.8) is 0 Å². The van der Waals surface area contributed by atoms with Crippen molar-refractivity contribution in [2.24, 2.45) is 0 Å². The molecule has 0 bridgehead atoms. The third-order valence-corrected chi connectivity index (χ3v) is 1.28. The van der Waals surface area contributed by atoms with Gasteiger partial charge in [0.05, 0.1) is 12.1 Å². The first-order valence-electron chi connectivity index (χ1n) is 3.62. The lowest BCUT2D eigenvalue weighted by molar-refractivity contribution is -0.135. The first-order chi connectivity index (χ1) is 6.18. The largest absolute Gasteiger partial charge is 0.481 e. The van der Waals surface area contributed by atoms with Gasteiger partial charge in [0.25, 0.3) is 5.56 Å². The summed E-state index contributed by atoms with van der Waals surface area (Å²) < 4.78 is 0. The van der Waals surface area contributed by atoms with Crippen LogP contribution in [0, 0.1) is 0 Å². The smallest absolute Gasteiger partial charge is 0.307 e. The molecular weight excluding hydrogens is 172 g/mol. The molecule has 1 aromatic heterocycles. The number of carbonyl (C=O) groups is 1. The quantitative estimate of drug-likeness (QED) is 0.698. The Balaban J connectivity index is 2.64. The summed E-state index contributed by atoms with van der Waals surface area (Å²) in [4.78, 5) is 20.7. The molecule has 0 radical (unpaired) electrons. The number of aromatic nitrogens is 2.